The molecule has 0 bridgehead atoms. The second-order valence-corrected chi connectivity index (χ2v) is 8.54. The van der Waals surface area contributed by atoms with Crippen LogP contribution in [0.25, 0.3) is 0 Å². The molecule has 5 nitrogen and oxygen atoms in total. The fraction of sp³-hybridized carbons (Fsp3) is 0.500. The first kappa shape index (κ1) is 21.5. The average molecular weight is 423 g/mol. The number of benzene rings is 2. The van der Waals surface area contributed by atoms with Crippen LogP contribution in [0.3, 0.4) is 0 Å². The molecule has 1 fully saturated rings. The van der Waals surface area contributed by atoms with E-state index in [4.69, 9.17) is 9.47 Å². The summed E-state index contributed by atoms with van der Waals surface area (Å²) in [4.78, 5) is 17.3. The van der Waals surface area contributed by atoms with Gasteiger partial charge in [0.15, 0.2) is 5.60 Å². The number of ether oxygens (including phenoxy) is 2. The molecule has 0 N–H and O–H groups in total. The molecular weight excluding hydrogens is 388 g/mol. The van der Waals surface area contributed by atoms with Gasteiger partial charge in [-0.3, -0.25) is 4.79 Å². The summed E-state index contributed by atoms with van der Waals surface area (Å²) < 4.78 is 12.7. The Morgan fingerprint density at radius 1 is 0.806 bits per heavy atom. The van der Waals surface area contributed by atoms with Crippen LogP contribution >= 0.6 is 0 Å². The van der Waals surface area contributed by atoms with Gasteiger partial charge >= 0.3 is 5.97 Å². The van der Waals surface area contributed by atoms with Crippen molar-refractivity contribution in [1.82, 2.24) is 0 Å². The zero-order chi connectivity index (χ0) is 22.3. The van der Waals surface area contributed by atoms with Crippen LogP contribution in [0.4, 0.5) is 11.4 Å². The molecule has 2 aliphatic heterocycles. The third-order valence-electron chi connectivity index (χ3n) is 7.23. The highest BCUT2D eigenvalue weighted by Crippen LogP contribution is 2.58. The van der Waals surface area contributed by atoms with Gasteiger partial charge in [-0.25, -0.2) is 0 Å². The molecule has 2 aromatic rings. The van der Waals surface area contributed by atoms with Crippen LogP contribution in [0.15, 0.2) is 36.4 Å². The van der Waals surface area contributed by atoms with E-state index in [0.717, 1.165) is 60.2 Å². The molecule has 2 heterocycles. The molecule has 5 heteroatoms. The lowest BCUT2D eigenvalue weighted by molar-refractivity contribution is -0.149. The van der Waals surface area contributed by atoms with Crippen LogP contribution in [-0.2, 0) is 15.1 Å². The van der Waals surface area contributed by atoms with Gasteiger partial charge in [0.05, 0.1) is 5.92 Å². The fourth-order valence-corrected chi connectivity index (χ4v) is 5.14. The van der Waals surface area contributed by atoms with Crippen LogP contribution < -0.4 is 14.5 Å². The molecule has 0 aromatic heterocycles. The lowest BCUT2D eigenvalue weighted by Crippen LogP contribution is -2.37. The number of carbonyl (C=O) groups excluding carboxylic acids is 1. The molecule has 0 saturated carbocycles. The van der Waals surface area contributed by atoms with Crippen molar-refractivity contribution in [2.45, 2.75) is 47.1 Å². The lowest BCUT2D eigenvalue weighted by atomic mass is 9.72. The summed E-state index contributed by atoms with van der Waals surface area (Å²) in [5.41, 5.74) is 3.30. The van der Waals surface area contributed by atoms with E-state index in [9.17, 15) is 4.79 Å². The van der Waals surface area contributed by atoms with Crippen molar-refractivity contribution in [2.75, 3.05) is 36.0 Å². The molecule has 2 aromatic carbocycles. The first-order valence-electron chi connectivity index (χ1n) is 11.6. The van der Waals surface area contributed by atoms with Crippen molar-refractivity contribution in [3.8, 4) is 11.5 Å². The fourth-order valence-electron chi connectivity index (χ4n) is 5.14. The summed E-state index contributed by atoms with van der Waals surface area (Å²) in [5.74, 6) is 1.24. The van der Waals surface area contributed by atoms with Gasteiger partial charge in [-0.15, -0.1) is 0 Å². The van der Waals surface area contributed by atoms with Crippen molar-refractivity contribution >= 4 is 17.3 Å². The minimum atomic E-state index is -0.816. The SMILES string of the molecule is CCN(CC)c1ccc2c(c1)Oc1cc(N(CC)CC)ccc1C21OC(=O)C(C)C1C. The summed E-state index contributed by atoms with van der Waals surface area (Å²) in [6.07, 6.45) is 0. The van der Waals surface area contributed by atoms with E-state index in [2.05, 4.69) is 80.8 Å². The minimum absolute atomic E-state index is 0.00000619. The molecule has 2 unspecified atom stereocenters. The maximum absolute atomic E-state index is 12.7. The molecule has 0 radical (unpaired) electrons. The van der Waals surface area contributed by atoms with Crippen molar-refractivity contribution in [2.24, 2.45) is 11.8 Å². The molecule has 1 spiro atoms. The maximum atomic E-state index is 12.7. The quantitative estimate of drug-likeness (QED) is 0.570. The van der Waals surface area contributed by atoms with Crippen LogP contribution in [-0.4, -0.2) is 32.1 Å². The highest BCUT2D eigenvalue weighted by molar-refractivity contribution is 5.79. The van der Waals surface area contributed by atoms with Crippen molar-refractivity contribution in [3.63, 3.8) is 0 Å². The summed E-state index contributed by atoms with van der Waals surface area (Å²) in [7, 11) is 0. The number of anilines is 2. The second kappa shape index (κ2) is 8.10. The molecule has 0 aliphatic carbocycles. The molecule has 166 valence electrons. The molecule has 1 saturated heterocycles. The molecular formula is C26H34N2O3. The van der Waals surface area contributed by atoms with Crippen molar-refractivity contribution < 1.29 is 14.3 Å². The zero-order valence-corrected chi connectivity index (χ0v) is 19.6. The normalized spacial score (nSPS) is 20.6. The number of rotatable bonds is 6. The highest BCUT2D eigenvalue weighted by Gasteiger charge is 2.57. The predicted octanol–water partition coefficient (Wildman–Crippen LogP) is 5.56. The molecule has 2 atom stereocenters. The van der Waals surface area contributed by atoms with Gasteiger partial charge in [-0.1, -0.05) is 13.8 Å². The largest absolute Gasteiger partial charge is 0.456 e. The van der Waals surface area contributed by atoms with E-state index in [1.54, 1.807) is 0 Å². The van der Waals surface area contributed by atoms with Gasteiger partial charge in [0.1, 0.15) is 11.5 Å². The van der Waals surface area contributed by atoms with Crippen LogP contribution in [0, 0.1) is 11.8 Å². The van der Waals surface area contributed by atoms with Gasteiger partial charge in [0.2, 0.25) is 0 Å². The lowest BCUT2D eigenvalue weighted by Gasteiger charge is -2.40. The first-order chi connectivity index (χ1) is 14.9. The topological polar surface area (TPSA) is 42.0 Å². The zero-order valence-electron chi connectivity index (χ0n) is 19.6. The van der Waals surface area contributed by atoms with E-state index >= 15 is 0 Å². The number of esters is 1. The average Bonchev–Trinajstić information content (AvgIpc) is 3.00. The Kier molecular flexibility index (Phi) is 5.63. The number of hydrogen-bond acceptors (Lipinski definition) is 5. The third-order valence-corrected chi connectivity index (χ3v) is 7.23. The smallest absolute Gasteiger partial charge is 0.310 e. The van der Waals surface area contributed by atoms with Crippen LogP contribution in [0.2, 0.25) is 0 Å². The Morgan fingerprint density at radius 3 is 1.61 bits per heavy atom. The highest BCUT2D eigenvalue weighted by atomic mass is 16.6. The van der Waals surface area contributed by atoms with E-state index in [1.165, 1.54) is 0 Å². The monoisotopic (exact) mass is 422 g/mol. The van der Waals surface area contributed by atoms with E-state index in [-0.39, 0.29) is 17.8 Å². The standard InChI is InChI=1S/C26H34N2O3/c1-7-27(8-2)19-11-13-21-23(15-19)30-24-16-20(28(9-3)10-4)12-14-22(24)26(21)18(6)17(5)25(29)31-26/h11-18H,7-10H2,1-6H3. The number of carbonyl (C=O) groups is 1. The van der Waals surface area contributed by atoms with Gasteiger partial charge in [0.25, 0.3) is 0 Å². The Balaban J connectivity index is 1.91. The summed E-state index contributed by atoms with van der Waals surface area (Å²) in [5, 5.41) is 0. The van der Waals surface area contributed by atoms with Gasteiger partial charge in [-0.05, 0) is 52.0 Å². The van der Waals surface area contributed by atoms with Crippen molar-refractivity contribution in [3.05, 3.63) is 47.5 Å². The second-order valence-electron chi connectivity index (χ2n) is 8.54. The summed E-state index contributed by atoms with van der Waals surface area (Å²) in [6, 6.07) is 12.6. The van der Waals surface area contributed by atoms with Gasteiger partial charge in [-0.2, -0.15) is 0 Å². The Labute approximate surface area is 185 Å². The Bertz CT molecular complexity index is 917. The number of hydrogen-bond donors (Lipinski definition) is 0. The molecule has 2 aliphatic rings. The number of fused-ring (bicyclic) bond motifs is 4. The summed E-state index contributed by atoms with van der Waals surface area (Å²) >= 11 is 0. The van der Waals surface area contributed by atoms with Gasteiger partial charge < -0.3 is 19.3 Å². The third kappa shape index (κ3) is 3.17. The van der Waals surface area contributed by atoms with Crippen molar-refractivity contribution in [1.29, 1.82) is 0 Å². The maximum Gasteiger partial charge on any atom is 0.310 e. The van der Waals surface area contributed by atoms with Crippen LogP contribution in [0.5, 0.6) is 11.5 Å². The van der Waals surface area contributed by atoms with Gasteiger partial charge in [0, 0.05) is 66.7 Å². The predicted molar refractivity (Wildman–Crippen MR) is 125 cm³/mol. The Hall–Kier alpha value is -2.69. The van der Waals surface area contributed by atoms with E-state index in [1.807, 2.05) is 6.92 Å². The number of nitrogens with zero attached hydrogens (tertiary/aromatic N) is 2. The minimum Gasteiger partial charge on any atom is -0.456 e. The molecule has 4 rings (SSSR count). The molecule has 31 heavy (non-hydrogen) atoms. The van der Waals surface area contributed by atoms with Crippen LogP contribution in [0.1, 0.15) is 52.7 Å². The summed E-state index contributed by atoms with van der Waals surface area (Å²) in [6.45, 7) is 16.4. The van der Waals surface area contributed by atoms with E-state index < -0.39 is 5.60 Å². The Morgan fingerprint density at radius 2 is 1.26 bits per heavy atom. The molecule has 0 amide bonds. The van der Waals surface area contributed by atoms with E-state index in [0.29, 0.717) is 0 Å². The first-order valence-corrected chi connectivity index (χ1v) is 11.6.